The molecule has 3 aromatic rings. The lowest BCUT2D eigenvalue weighted by atomic mass is 10.0. The molecule has 2 aliphatic rings. The Morgan fingerprint density at radius 2 is 1.91 bits per heavy atom. The molecule has 17 nitrogen and oxygen atoms in total. The average molecular weight is 675 g/mol. The first kappa shape index (κ1) is 31.5. The lowest BCUT2D eigenvalue weighted by molar-refractivity contribution is -0.150. The van der Waals surface area contributed by atoms with Crippen LogP contribution >= 0.6 is 34.9 Å². The minimum atomic E-state index is -1.35. The van der Waals surface area contributed by atoms with Gasteiger partial charge in [-0.05, 0) is 23.3 Å². The SMILES string of the molecule is Cn1[nH]c(=O)c(=O)nc1SCC1=C(C(=O)O)N2C(=O)[C@@H](NC(=O)C(=NOCc3ccc(C(=O)O)cc3)c3csc(N)n3)[C@H]2SC1. The molecule has 0 spiro atoms. The van der Waals surface area contributed by atoms with Crippen LogP contribution in [-0.4, -0.2) is 87.2 Å². The number of hydrogen-bond donors (Lipinski definition) is 5. The molecule has 0 aliphatic carbocycles. The number of carbonyl (C=O) groups is 4. The third-order valence-corrected chi connectivity index (χ3v) is 9.56. The maximum Gasteiger partial charge on any atom is 0.352 e. The van der Waals surface area contributed by atoms with Crippen molar-refractivity contribution >= 4 is 69.5 Å². The molecule has 234 valence electrons. The molecule has 0 radical (unpaired) electrons. The standard InChI is InChI=1S/C25H22N8O9S3/c1-32-25(29-18(35)19(36)30-32)45-8-12-7-43-21-15(20(37)33(21)16(12)23(40)41)28-17(34)14(13-9-44-24(26)27-13)31-42-6-10-2-4-11(5-3-10)22(38)39/h2-5,9,15,21H,6-8H2,1H3,(H2,26,27)(H,28,34)(H,30,36)(H,38,39)(H,40,41)/t15-,21-/m1/s1. The number of thiazole rings is 1. The van der Waals surface area contributed by atoms with Gasteiger partial charge in [0.05, 0.1) is 5.56 Å². The summed E-state index contributed by atoms with van der Waals surface area (Å²) in [6.45, 7) is -0.110. The van der Waals surface area contributed by atoms with Gasteiger partial charge in [0.1, 0.15) is 29.4 Å². The molecule has 6 N–H and O–H groups in total. The number of nitrogens with one attached hydrogen (secondary N) is 2. The van der Waals surface area contributed by atoms with E-state index in [4.69, 9.17) is 15.7 Å². The van der Waals surface area contributed by atoms with E-state index in [0.29, 0.717) is 11.1 Å². The predicted molar refractivity (Wildman–Crippen MR) is 162 cm³/mol. The second-order valence-electron chi connectivity index (χ2n) is 9.39. The smallest absolute Gasteiger partial charge is 0.352 e. The molecule has 0 saturated carbocycles. The Hall–Kier alpha value is -4.95. The Kier molecular flexibility index (Phi) is 9.06. The molecule has 20 heteroatoms. The van der Waals surface area contributed by atoms with Crippen LogP contribution in [0.5, 0.6) is 0 Å². The predicted octanol–water partition coefficient (Wildman–Crippen LogP) is -0.343. The molecule has 2 amide bonds. The van der Waals surface area contributed by atoms with Crippen molar-refractivity contribution < 1.29 is 34.2 Å². The summed E-state index contributed by atoms with van der Waals surface area (Å²) in [6, 6.07) is 4.75. The maximum atomic E-state index is 13.3. The fourth-order valence-corrected chi connectivity index (χ4v) is 7.21. The summed E-state index contributed by atoms with van der Waals surface area (Å²) in [6.07, 6.45) is 0. The van der Waals surface area contributed by atoms with Crippen LogP contribution in [0, 0.1) is 0 Å². The number of aromatic amines is 1. The first-order valence-electron chi connectivity index (χ1n) is 12.7. The molecular weight excluding hydrogens is 653 g/mol. The largest absolute Gasteiger partial charge is 0.478 e. The van der Waals surface area contributed by atoms with Gasteiger partial charge in [-0.15, -0.1) is 23.1 Å². The Morgan fingerprint density at radius 3 is 2.56 bits per heavy atom. The fraction of sp³-hybridized carbons (Fsp3) is 0.240. The molecule has 1 saturated heterocycles. The van der Waals surface area contributed by atoms with Crippen molar-refractivity contribution in [2.75, 3.05) is 17.2 Å². The number of aliphatic carboxylic acids is 1. The number of hydrogen-bond acceptors (Lipinski definition) is 14. The highest BCUT2D eigenvalue weighted by molar-refractivity contribution is 8.01. The van der Waals surface area contributed by atoms with Crippen molar-refractivity contribution in [2.24, 2.45) is 12.2 Å². The quantitative estimate of drug-likeness (QED) is 0.0574. The number of aromatic carboxylic acids is 1. The summed E-state index contributed by atoms with van der Waals surface area (Å²) in [5.74, 6) is -3.65. The van der Waals surface area contributed by atoms with Crippen molar-refractivity contribution in [2.45, 2.75) is 23.2 Å². The summed E-state index contributed by atoms with van der Waals surface area (Å²) in [5.41, 5.74) is 4.47. The number of nitrogens with zero attached hydrogens (tertiary/aromatic N) is 5. The van der Waals surface area contributed by atoms with Crippen LogP contribution < -0.4 is 22.2 Å². The van der Waals surface area contributed by atoms with E-state index in [0.717, 1.165) is 28.0 Å². The number of thioether (sulfide) groups is 2. The Morgan fingerprint density at radius 1 is 1.18 bits per heavy atom. The monoisotopic (exact) mass is 674 g/mol. The zero-order valence-corrected chi connectivity index (χ0v) is 25.4. The van der Waals surface area contributed by atoms with Crippen molar-refractivity contribution in [1.82, 2.24) is 30.0 Å². The van der Waals surface area contributed by atoms with Gasteiger partial charge < -0.3 is 26.1 Å². The highest BCUT2D eigenvalue weighted by Crippen LogP contribution is 2.41. The van der Waals surface area contributed by atoms with E-state index in [1.165, 1.54) is 53.1 Å². The van der Waals surface area contributed by atoms with Gasteiger partial charge in [-0.25, -0.2) is 14.6 Å². The molecular formula is C25H22N8O9S3. The van der Waals surface area contributed by atoms with Crippen LogP contribution in [0.1, 0.15) is 21.6 Å². The second-order valence-corrected chi connectivity index (χ2v) is 12.3. The number of H-pyrrole nitrogens is 1. The number of carbonyl (C=O) groups excluding carboxylic acids is 2. The van der Waals surface area contributed by atoms with Crippen LogP contribution in [-0.2, 0) is 32.9 Å². The van der Waals surface area contributed by atoms with E-state index in [-0.39, 0.29) is 51.1 Å². The molecule has 0 unspecified atom stereocenters. The molecule has 45 heavy (non-hydrogen) atoms. The van der Waals surface area contributed by atoms with Gasteiger partial charge >= 0.3 is 23.1 Å². The number of carboxylic acids is 2. The van der Waals surface area contributed by atoms with Crippen molar-refractivity contribution in [3.8, 4) is 0 Å². The number of benzene rings is 1. The van der Waals surface area contributed by atoms with Crippen LogP contribution in [0.25, 0.3) is 0 Å². The number of oxime groups is 1. The normalized spacial score (nSPS) is 17.8. The number of amides is 2. The van der Waals surface area contributed by atoms with Crippen LogP contribution in [0.4, 0.5) is 5.13 Å². The number of nitrogens with two attached hydrogens (primary N) is 1. The number of carboxylic acid groups (broad SMARTS) is 2. The highest BCUT2D eigenvalue weighted by Gasteiger charge is 2.54. The number of aromatic nitrogens is 4. The summed E-state index contributed by atoms with van der Waals surface area (Å²) >= 11 is 3.30. The fourth-order valence-electron chi connectivity index (χ4n) is 4.26. The number of fused-ring (bicyclic) bond motifs is 1. The highest BCUT2D eigenvalue weighted by atomic mass is 32.2. The van der Waals surface area contributed by atoms with E-state index in [1.807, 2.05) is 0 Å². The summed E-state index contributed by atoms with van der Waals surface area (Å²) in [7, 11) is 1.47. The Bertz CT molecular complexity index is 1880. The first-order chi connectivity index (χ1) is 21.4. The summed E-state index contributed by atoms with van der Waals surface area (Å²) in [5, 5.41) is 28.9. The number of anilines is 1. The third-order valence-electron chi connectivity index (χ3n) is 6.43. The van der Waals surface area contributed by atoms with Gasteiger partial charge in [0.15, 0.2) is 16.0 Å². The van der Waals surface area contributed by atoms with Gasteiger partial charge in [0.2, 0.25) is 0 Å². The summed E-state index contributed by atoms with van der Waals surface area (Å²) in [4.78, 5) is 87.1. The Balaban J connectivity index is 1.30. The van der Waals surface area contributed by atoms with Crippen LogP contribution in [0.2, 0.25) is 0 Å². The molecule has 2 aliphatic heterocycles. The molecule has 2 atom stereocenters. The minimum absolute atomic E-state index is 0.0624. The molecule has 1 aromatic carbocycles. The molecule has 2 aromatic heterocycles. The zero-order chi connectivity index (χ0) is 32.4. The van der Waals surface area contributed by atoms with Crippen molar-refractivity contribution in [3.05, 3.63) is 78.4 Å². The average Bonchev–Trinajstić information content (AvgIpc) is 3.44. The Labute approximate surface area is 264 Å². The lowest BCUT2D eigenvalue weighted by Gasteiger charge is -2.49. The third kappa shape index (κ3) is 6.61. The van der Waals surface area contributed by atoms with Gasteiger partial charge in [-0.1, -0.05) is 29.1 Å². The summed E-state index contributed by atoms with van der Waals surface area (Å²) < 4.78 is 1.24. The van der Waals surface area contributed by atoms with Gasteiger partial charge in [0.25, 0.3) is 11.8 Å². The van der Waals surface area contributed by atoms with Crippen molar-refractivity contribution in [1.29, 1.82) is 0 Å². The second kappa shape index (κ2) is 13.0. The topological polar surface area (TPSA) is 252 Å². The zero-order valence-electron chi connectivity index (χ0n) is 23.0. The first-order valence-corrected chi connectivity index (χ1v) is 15.6. The van der Waals surface area contributed by atoms with E-state index < -0.39 is 46.3 Å². The van der Waals surface area contributed by atoms with Gasteiger partial charge in [0, 0.05) is 23.9 Å². The number of rotatable bonds is 11. The molecule has 1 fully saturated rings. The van der Waals surface area contributed by atoms with Crippen LogP contribution in [0.15, 0.2) is 60.8 Å². The van der Waals surface area contributed by atoms with E-state index in [9.17, 15) is 33.9 Å². The van der Waals surface area contributed by atoms with Crippen LogP contribution in [0.3, 0.4) is 0 Å². The molecule has 4 heterocycles. The van der Waals surface area contributed by atoms with E-state index >= 15 is 0 Å². The van der Waals surface area contributed by atoms with Crippen molar-refractivity contribution in [3.63, 3.8) is 0 Å². The lowest BCUT2D eigenvalue weighted by Crippen LogP contribution is -2.71. The van der Waals surface area contributed by atoms with E-state index in [1.54, 1.807) is 0 Å². The number of aryl methyl sites for hydroxylation is 1. The number of nitrogen functional groups attached to an aromatic ring is 1. The van der Waals surface area contributed by atoms with E-state index in [2.05, 4.69) is 25.5 Å². The molecule has 0 bridgehead atoms. The molecule has 5 rings (SSSR count). The number of β-lactam (4-membered cyclic amide) rings is 1. The minimum Gasteiger partial charge on any atom is -0.478 e. The maximum absolute atomic E-state index is 13.3. The van der Waals surface area contributed by atoms with Gasteiger partial charge in [-0.3, -0.25) is 33.9 Å². The van der Waals surface area contributed by atoms with Gasteiger partial charge in [-0.2, -0.15) is 4.98 Å².